The molecule has 1 saturated carbocycles. The zero-order valence-corrected chi connectivity index (χ0v) is 16.9. The molecule has 1 aliphatic rings. The fourth-order valence-corrected chi connectivity index (χ4v) is 3.79. The predicted molar refractivity (Wildman–Crippen MR) is 114 cm³/mol. The number of nitro groups is 1. The number of hydrogen-bond donors (Lipinski definition) is 1. The molecule has 3 rings (SSSR count). The minimum atomic E-state index is -0.772. The number of nitrogens with zero attached hydrogens (tertiary/aromatic N) is 2. The zero-order valence-electron chi connectivity index (χ0n) is 16.9. The molecular formula is C22H25N3O5. The van der Waals surface area contributed by atoms with Gasteiger partial charge in [-0.3, -0.25) is 14.9 Å². The molecule has 0 atom stereocenters. The third kappa shape index (κ3) is 4.94. The van der Waals surface area contributed by atoms with Crippen LogP contribution >= 0.6 is 0 Å². The lowest BCUT2D eigenvalue weighted by Gasteiger charge is -2.34. The lowest BCUT2D eigenvalue weighted by atomic mass is 9.93. The highest BCUT2D eigenvalue weighted by Gasteiger charge is 2.28. The van der Waals surface area contributed by atoms with Gasteiger partial charge in [0.15, 0.2) is 6.61 Å². The van der Waals surface area contributed by atoms with Crippen LogP contribution in [0.25, 0.3) is 0 Å². The monoisotopic (exact) mass is 411 g/mol. The molecule has 1 fully saturated rings. The fraction of sp³-hybridized carbons (Fsp3) is 0.364. The van der Waals surface area contributed by atoms with E-state index < -0.39 is 17.5 Å². The average molecular weight is 411 g/mol. The van der Waals surface area contributed by atoms with Gasteiger partial charge in [-0.1, -0.05) is 37.5 Å². The molecule has 8 heteroatoms. The number of para-hydroxylation sites is 1. The van der Waals surface area contributed by atoms with E-state index in [2.05, 4.69) is 5.32 Å². The van der Waals surface area contributed by atoms with Crippen molar-refractivity contribution in [3.05, 3.63) is 64.2 Å². The molecule has 1 N–H and O–H groups in total. The summed E-state index contributed by atoms with van der Waals surface area (Å²) in [6.45, 7) is -0.425. The van der Waals surface area contributed by atoms with Crippen LogP contribution in [0.5, 0.6) is 0 Å². The highest BCUT2D eigenvalue weighted by molar-refractivity contribution is 5.98. The molecule has 0 saturated heterocycles. The molecular weight excluding hydrogens is 386 g/mol. The molecule has 2 aromatic carbocycles. The Morgan fingerprint density at radius 1 is 1.13 bits per heavy atom. The topological polar surface area (TPSA) is 102 Å². The number of esters is 1. The van der Waals surface area contributed by atoms with Gasteiger partial charge in [0.1, 0.15) is 5.69 Å². The quantitative estimate of drug-likeness (QED) is 0.417. The number of benzene rings is 2. The molecule has 8 nitrogen and oxygen atoms in total. The first-order valence-electron chi connectivity index (χ1n) is 10.0. The first-order valence-corrected chi connectivity index (χ1v) is 10.0. The van der Waals surface area contributed by atoms with Gasteiger partial charge in [0, 0.05) is 24.8 Å². The second kappa shape index (κ2) is 9.87. The van der Waals surface area contributed by atoms with Crippen LogP contribution in [0.4, 0.5) is 17.1 Å². The number of nitrogens with one attached hydrogen (secondary N) is 1. The largest absolute Gasteiger partial charge is 0.452 e. The number of carbonyl (C=O) groups is 2. The van der Waals surface area contributed by atoms with Gasteiger partial charge in [-0.25, -0.2) is 4.79 Å². The van der Waals surface area contributed by atoms with Gasteiger partial charge in [0.05, 0.1) is 10.5 Å². The second-order valence-corrected chi connectivity index (χ2v) is 7.21. The van der Waals surface area contributed by atoms with Crippen molar-refractivity contribution in [2.24, 2.45) is 0 Å². The first-order chi connectivity index (χ1) is 14.5. The minimum absolute atomic E-state index is 0.0254. The van der Waals surface area contributed by atoms with E-state index in [0.29, 0.717) is 5.69 Å². The van der Waals surface area contributed by atoms with Crippen LogP contribution in [0.15, 0.2) is 48.5 Å². The smallest absolute Gasteiger partial charge is 0.338 e. The minimum Gasteiger partial charge on any atom is -0.452 e. The van der Waals surface area contributed by atoms with Gasteiger partial charge >= 0.3 is 5.97 Å². The number of anilines is 2. The summed E-state index contributed by atoms with van der Waals surface area (Å²) < 4.78 is 5.22. The maximum Gasteiger partial charge on any atom is 0.338 e. The average Bonchev–Trinajstić information content (AvgIpc) is 2.78. The Morgan fingerprint density at radius 3 is 2.47 bits per heavy atom. The highest BCUT2D eigenvalue weighted by Crippen LogP contribution is 2.28. The summed E-state index contributed by atoms with van der Waals surface area (Å²) in [5.41, 5.74) is 0.864. The summed E-state index contributed by atoms with van der Waals surface area (Å²) in [6.07, 6.45) is 5.09. The summed E-state index contributed by atoms with van der Waals surface area (Å²) in [6, 6.07) is 13.4. The number of hydrogen-bond acceptors (Lipinski definition) is 6. The van der Waals surface area contributed by atoms with Gasteiger partial charge < -0.3 is 15.0 Å². The second-order valence-electron chi connectivity index (χ2n) is 7.21. The summed E-state index contributed by atoms with van der Waals surface area (Å²) in [4.78, 5) is 37.7. The first kappa shape index (κ1) is 21.3. The summed E-state index contributed by atoms with van der Waals surface area (Å²) >= 11 is 0. The van der Waals surface area contributed by atoms with Crippen LogP contribution in [0.1, 0.15) is 42.5 Å². The predicted octanol–water partition coefficient (Wildman–Crippen LogP) is 4.16. The summed E-state index contributed by atoms with van der Waals surface area (Å²) in [7, 11) is 1.56. The van der Waals surface area contributed by atoms with Crippen LogP contribution in [0.2, 0.25) is 0 Å². The molecule has 0 aliphatic heterocycles. The van der Waals surface area contributed by atoms with Gasteiger partial charge in [0.25, 0.3) is 11.6 Å². The molecule has 1 aliphatic carbocycles. The van der Waals surface area contributed by atoms with Crippen molar-refractivity contribution in [1.29, 1.82) is 0 Å². The van der Waals surface area contributed by atoms with E-state index in [4.69, 9.17) is 4.74 Å². The number of carbonyl (C=O) groups excluding carboxylic acids is 2. The lowest BCUT2D eigenvalue weighted by Crippen LogP contribution is -2.43. The van der Waals surface area contributed by atoms with Crippen molar-refractivity contribution in [2.45, 2.75) is 38.1 Å². The maximum atomic E-state index is 13.0. The van der Waals surface area contributed by atoms with Crippen LogP contribution in [-0.4, -0.2) is 36.5 Å². The molecule has 1 amide bonds. The number of ether oxygens (including phenoxy) is 1. The lowest BCUT2D eigenvalue weighted by molar-refractivity contribution is -0.384. The van der Waals surface area contributed by atoms with Gasteiger partial charge in [-0.05, 0) is 37.1 Å². The Kier molecular flexibility index (Phi) is 7.00. The van der Waals surface area contributed by atoms with Crippen LogP contribution < -0.4 is 10.2 Å². The maximum absolute atomic E-state index is 13.0. The Bertz CT molecular complexity index is 910. The highest BCUT2D eigenvalue weighted by atomic mass is 16.6. The molecule has 0 heterocycles. The van der Waals surface area contributed by atoms with Crippen molar-refractivity contribution in [1.82, 2.24) is 0 Å². The number of nitro benzene ring substituents is 1. The molecule has 30 heavy (non-hydrogen) atoms. The molecule has 2 aromatic rings. The SMILES string of the molecule is CNc1ccc(C(=O)OCC(=O)N(c2ccccc2)C2CCCCC2)cc1[N+](=O)[O-]. The molecule has 158 valence electrons. The van der Waals surface area contributed by atoms with Crippen molar-refractivity contribution in [3.63, 3.8) is 0 Å². The number of amides is 1. The van der Waals surface area contributed by atoms with Crippen molar-refractivity contribution in [3.8, 4) is 0 Å². The zero-order chi connectivity index (χ0) is 21.5. The Balaban J connectivity index is 1.72. The third-order valence-corrected chi connectivity index (χ3v) is 5.27. The molecule has 0 unspecified atom stereocenters. The van der Waals surface area contributed by atoms with Crippen LogP contribution in [0, 0.1) is 10.1 Å². The Morgan fingerprint density at radius 2 is 1.83 bits per heavy atom. The Hall–Kier alpha value is -3.42. The van der Waals surface area contributed by atoms with Crippen LogP contribution in [-0.2, 0) is 9.53 Å². The van der Waals surface area contributed by atoms with Crippen LogP contribution in [0.3, 0.4) is 0 Å². The van der Waals surface area contributed by atoms with E-state index in [1.54, 1.807) is 11.9 Å². The number of rotatable bonds is 7. The van der Waals surface area contributed by atoms with E-state index in [-0.39, 0.29) is 23.2 Å². The molecule has 0 aromatic heterocycles. The standard InChI is InChI=1S/C22H25N3O5/c1-23-19-13-12-16(14-20(19)25(28)29)22(27)30-15-21(26)24(17-8-4-2-5-9-17)18-10-6-3-7-11-18/h2,4-5,8-9,12-14,18,23H,3,6-7,10-11,15H2,1H3. The van der Waals surface area contributed by atoms with Crippen molar-refractivity contribution < 1.29 is 19.2 Å². The third-order valence-electron chi connectivity index (χ3n) is 5.27. The molecule has 0 radical (unpaired) electrons. The normalized spacial score (nSPS) is 14.0. The molecule has 0 bridgehead atoms. The summed E-state index contributed by atoms with van der Waals surface area (Å²) in [5.74, 6) is -1.08. The van der Waals surface area contributed by atoms with Crippen molar-refractivity contribution in [2.75, 3.05) is 23.9 Å². The van der Waals surface area contributed by atoms with E-state index >= 15 is 0 Å². The Labute approximate surface area is 175 Å². The van der Waals surface area contributed by atoms with E-state index in [1.165, 1.54) is 12.1 Å². The fourth-order valence-electron chi connectivity index (χ4n) is 3.79. The van der Waals surface area contributed by atoms with E-state index in [9.17, 15) is 19.7 Å². The summed E-state index contributed by atoms with van der Waals surface area (Å²) in [5, 5.41) is 13.9. The van der Waals surface area contributed by atoms with E-state index in [0.717, 1.165) is 43.9 Å². The van der Waals surface area contributed by atoms with E-state index in [1.807, 2.05) is 30.3 Å². The molecule has 0 spiro atoms. The van der Waals surface area contributed by atoms with Gasteiger partial charge in [-0.15, -0.1) is 0 Å². The van der Waals surface area contributed by atoms with Gasteiger partial charge in [-0.2, -0.15) is 0 Å². The van der Waals surface area contributed by atoms with Gasteiger partial charge in [0.2, 0.25) is 0 Å². The van der Waals surface area contributed by atoms with Crippen molar-refractivity contribution >= 4 is 28.9 Å².